The van der Waals surface area contributed by atoms with E-state index in [-0.39, 0.29) is 24.7 Å². The number of nitrogens with zero attached hydrogens (tertiary/aromatic N) is 3. The van der Waals surface area contributed by atoms with Gasteiger partial charge in [0.15, 0.2) is 0 Å². The number of rotatable bonds is 5. The van der Waals surface area contributed by atoms with Crippen molar-refractivity contribution in [3.8, 4) is 0 Å². The Morgan fingerprint density at radius 1 is 0.971 bits per heavy atom. The highest BCUT2D eigenvalue weighted by Crippen LogP contribution is 2.29. The maximum Gasteiger partial charge on any atom is 0.417 e. The molecule has 0 atom stereocenters. The maximum absolute atomic E-state index is 14.1. The van der Waals surface area contributed by atoms with Crippen molar-refractivity contribution in [1.82, 2.24) is 14.9 Å². The number of nitrogen functional groups attached to an aromatic ring is 1. The molecule has 0 aliphatic rings. The number of fused-ring (bicyclic) bond motifs is 1. The van der Waals surface area contributed by atoms with Gasteiger partial charge in [0.05, 0.1) is 23.3 Å². The van der Waals surface area contributed by atoms with Crippen molar-refractivity contribution in [2.24, 2.45) is 0 Å². The average Bonchev–Trinajstić information content (AvgIpc) is 2.81. The van der Waals surface area contributed by atoms with Crippen LogP contribution in [0.3, 0.4) is 0 Å². The van der Waals surface area contributed by atoms with Gasteiger partial charge in [0.1, 0.15) is 11.6 Å². The quantitative estimate of drug-likeness (QED) is 0.364. The molecule has 0 saturated carbocycles. The van der Waals surface area contributed by atoms with Crippen molar-refractivity contribution in [3.63, 3.8) is 0 Å². The molecule has 5 nitrogen and oxygen atoms in total. The van der Waals surface area contributed by atoms with E-state index in [0.717, 1.165) is 23.2 Å². The monoisotopic (exact) mass is 482 g/mol. The fraction of sp³-hybridized carbons (Fsp3) is 0.192. The molecule has 4 aromatic rings. The Bertz CT molecular complexity index is 1400. The summed E-state index contributed by atoms with van der Waals surface area (Å²) in [5, 5.41) is 0.719. The van der Waals surface area contributed by atoms with Gasteiger partial charge >= 0.3 is 6.18 Å². The molecular weight excluding hydrogens is 460 g/mol. The van der Waals surface area contributed by atoms with E-state index in [1.54, 1.807) is 37.3 Å². The van der Waals surface area contributed by atoms with E-state index < -0.39 is 17.6 Å². The van der Waals surface area contributed by atoms with Crippen molar-refractivity contribution in [3.05, 3.63) is 100 Å². The third-order valence-electron chi connectivity index (χ3n) is 5.69. The van der Waals surface area contributed by atoms with Crippen molar-refractivity contribution in [1.29, 1.82) is 0 Å². The number of amides is 1. The van der Waals surface area contributed by atoms with Gasteiger partial charge in [0.2, 0.25) is 0 Å². The van der Waals surface area contributed by atoms with Crippen LogP contribution in [0.4, 0.5) is 23.4 Å². The molecule has 2 aromatic heterocycles. The topological polar surface area (TPSA) is 72.1 Å². The van der Waals surface area contributed by atoms with Gasteiger partial charge < -0.3 is 10.6 Å². The molecule has 0 aliphatic heterocycles. The molecule has 0 bridgehead atoms. The zero-order valence-electron chi connectivity index (χ0n) is 19.0. The number of halogens is 4. The van der Waals surface area contributed by atoms with E-state index in [1.807, 2.05) is 13.0 Å². The normalized spacial score (nSPS) is 11.6. The summed E-state index contributed by atoms with van der Waals surface area (Å²) in [5.41, 5.74) is 8.01. The van der Waals surface area contributed by atoms with Crippen molar-refractivity contribution in [2.75, 3.05) is 5.73 Å². The first-order valence-corrected chi connectivity index (χ1v) is 10.7. The molecule has 2 heterocycles. The first-order valence-electron chi connectivity index (χ1n) is 10.7. The van der Waals surface area contributed by atoms with Crippen LogP contribution < -0.4 is 5.73 Å². The van der Waals surface area contributed by atoms with Gasteiger partial charge in [-0.2, -0.15) is 13.2 Å². The molecular formula is C26H22F4N4O. The molecule has 0 saturated heterocycles. The minimum atomic E-state index is -4.51. The summed E-state index contributed by atoms with van der Waals surface area (Å²) < 4.78 is 52.9. The third kappa shape index (κ3) is 5.40. The second-order valence-electron chi connectivity index (χ2n) is 8.38. The summed E-state index contributed by atoms with van der Waals surface area (Å²) in [7, 11) is 0. The molecule has 35 heavy (non-hydrogen) atoms. The summed E-state index contributed by atoms with van der Waals surface area (Å²) in [6, 6.07) is 13.6. The maximum atomic E-state index is 14.1. The van der Waals surface area contributed by atoms with Gasteiger partial charge in [-0.1, -0.05) is 12.1 Å². The zero-order chi connectivity index (χ0) is 25.3. The molecule has 0 unspecified atom stereocenters. The zero-order valence-corrected chi connectivity index (χ0v) is 19.0. The Labute approximate surface area is 199 Å². The van der Waals surface area contributed by atoms with Crippen molar-refractivity contribution >= 4 is 22.6 Å². The second kappa shape index (κ2) is 9.32. The van der Waals surface area contributed by atoms with Gasteiger partial charge in [-0.3, -0.25) is 9.78 Å². The highest BCUT2D eigenvalue weighted by Gasteiger charge is 2.30. The molecule has 0 fully saturated rings. The van der Waals surface area contributed by atoms with Crippen LogP contribution in [0.25, 0.3) is 10.9 Å². The number of benzene rings is 2. The van der Waals surface area contributed by atoms with E-state index in [9.17, 15) is 22.4 Å². The lowest BCUT2D eigenvalue weighted by molar-refractivity contribution is -0.137. The molecule has 1 amide bonds. The van der Waals surface area contributed by atoms with Gasteiger partial charge in [-0.15, -0.1) is 0 Å². The van der Waals surface area contributed by atoms with E-state index in [0.29, 0.717) is 28.0 Å². The number of carbonyl (C=O) groups excluding carboxylic acids is 1. The van der Waals surface area contributed by atoms with Crippen LogP contribution in [0.1, 0.15) is 38.3 Å². The van der Waals surface area contributed by atoms with Crippen LogP contribution in [0.2, 0.25) is 0 Å². The van der Waals surface area contributed by atoms with Gasteiger partial charge in [-0.05, 0) is 73.0 Å². The van der Waals surface area contributed by atoms with Crippen LogP contribution in [-0.2, 0) is 19.3 Å². The number of aryl methyl sites for hydroxylation is 2. The minimum absolute atomic E-state index is 0.0375. The summed E-state index contributed by atoms with van der Waals surface area (Å²) in [6.45, 7) is 3.41. The molecule has 9 heteroatoms. The number of anilines is 1. The summed E-state index contributed by atoms with van der Waals surface area (Å²) in [5.74, 6) is -0.399. The summed E-state index contributed by atoms with van der Waals surface area (Å²) >= 11 is 0. The van der Waals surface area contributed by atoms with E-state index in [1.165, 1.54) is 17.0 Å². The first-order chi connectivity index (χ1) is 16.5. The van der Waals surface area contributed by atoms with E-state index in [2.05, 4.69) is 9.97 Å². The Morgan fingerprint density at radius 3 is 2.40 bits per heavy atom. The first kappa shape index (κ1) is 24.1. The lowest BCUT2D eigenvalue weighted by Gasteiger charge is -2.23. The Morgan fingerprint density at radius 2 is 1.74 bits per heavy atom. The molecule has 4 rings (SSSR count). The fourth-order valence-corrected chi connectivity index (χ4v) is 3.65. The number of nitrogens with two attached hydrogens (primary N) is 1. The predicted octanol–water partition coefficient (Wildman–Crippen LogP) is 5.83. The summed E-state index contributed by atoms with van der Waals surface area (Å²) in [6.07, 6.45) is -3.78. The number of hydrogen-bond donors (Lipinski definition) is 1. The highest BCUT2D eigenvalue weighted by molar-refractivity contribution is 5.98. The fourth-order valence-electron chi connectivity index (χ4n) is 3.65. The molecule has 0 radical (unpaired) electrons. The minimum Gasteiger partial charge on any atom is -0.383 e. The van der Waals surface area contributed by atoms with Crippen LogP contribution in [0, 0.1) is 19.7 Å². The van der Waals surface area contributed by atoms with Crippen molar-refractivity contribution < 1.29 is 22.4 Å². The van der Waals surface area contributed by atoms with Gasteiger partial charge in [0, 0.05) is 23.7 Å². The number of carbonyl (C=O) groups is 1. The number of hydrogen-bond acceptors (Lipinski definition) is 4. The van der Waals surface area contributed by atoms with Crippen molar-refractivity contribution in [2.45, 2.75) is 33.1 Å². The van der Waals surface area contributed by atoms with Crippen LogP contribution in [0.5, 0.6) is 0 Å². The average molecular weight is 482 g/mol. The molecule has 2 N–H and O–H groups in total. The Hall–Kier alpha value is -4.01. The van der Waals surface area contributed by atoms with Gasteiger partial charge in [0.25, 0.3) is 5.91 Å². The lowest BCUT2D eigenvalue weighted by atomic mass is 10.1. The molecule has 0 aliphatic carbocycles. The number of alkyl halides is 3. The predicted molar refractivity (Wildman–Crippen MR) is 125 cm³/mol. The smallest absolute Gasteiger partial charge is 0.383 e. The second-order valence-corrected chi connectivity index (χ2v) is 8.38. The Balaban J connectivity index is 1.68. The lowest BCUT2D eigenvalue weighted by Crippen LogP contribution is -2.30. The third-order valence-corrected chi connectivity index (χ3v) is 5.69. The van der Waals surface area contributed by atoms with E-state index >= 15 is 0 Å². The summed E-state index contributed by atoms with van der Waals surface area (Å²) in [4.78, 5) is 23.1. The SMILES string of the molecule is Cc1ccc(CN(Cc2ccc(C(F)(F)F)cn2)C(=O)c2ccc3nc(N)c(C)cc3c2)cc1F. The largest absolute Gasteiger partial charge is 0.417 e. The van der Waals surface area contributed by atoms with Crippen LogP contribution in [0.15, 0.2) is 60.8 Å². The number of aromatic nitrogens is 2. The standard InChI is InChI=1S/C26H22F4N4O/c1-15-3-4-17(10-22(15)27)13-34(14-21-7-6-20(12-32-21)26(28,29)30)25(35)18-5-8-23-19(11-18)9-16(2)24(31)33-23/h3-12H,13-14H2,1-2H3,(H2,31,33). The molecule has 2 aromatic carbocycles. The van der Waals surface area contributed by atoms with Crippen LogP contribution in [-0.4, -0.2) is 20.8 Å². The number of pyridine rings is 2. The Kier molecular flexibility index (Phi) is 6.43. The molecule has 180 valence electrons. The van der Waals surface area contributed by atoms with Crippen LogP contribution >= 0.6 is 0 Å². The van der Waals surface area contributed by atoms with Gasteiger partial charge in [-0.25, -0.2) is 9.37 Å². The highest BCUT2D eigenvalue weighted by atomic mass is 19.4. The van der Waals surface area contributed by atoms with E-state index in [4.69, 9.17) is 5.73 Å². The molecule has 0 spiro atoms.